The standard InChI is InChI=1S/C11H13ClN2O2/c1-6-4-7-9(14-8(5-12)13-7)11(16-3)10(6)15-2/h4H,5H2,1-3H3,(H,13,14). The molecular weight excluding hydrogens is 228 g/mol. The van der Waals surface area contributed by atoms with Crippen LogP contribution < -0.4 is 9.47 Å². The molecule has 2 rings (SSSR count). The number of aryl methyl sites for hydroxylation is 1. The smallest absolute Gasteiger partial charge is 0.189 e. The lowest BCUT2D eigenvalue weighted by Gasteiger charge is -2.10. The molecule has 5 heteroatoms. The van der Waals surface area contributed by atoms with Crippen LogP contribution in [-0.4, -0.2) is 24.2 Å². The van der Waals surface area contributed by atoms with Crippen molar-refractivity contribution in [3.63, 3.8) is 0 Å². The Balaban J connectivity index is 2.77. The van der Waals surface area contributed by atoms with Crippen LogP contribution in [0.1, 0.15) is 11.4 Å². The maximum absolute atomic E-state index is 5.74. The minimum atomic E-state index is 0.346. The van der Waals surface area contributed by atoms with Crippen LogP contribution in [-0.2, 0) is 5.88 Å². The first-order valence-electron chi connectivity index (χ1n) is 4.87. The van der Waals surface area contributed by atoms with E-state index in [9.17, 15) is 0 Å². The highest BCUT2D eigenvalue weighted by atomic mass is 35.5. The summed E-state index contributed by atoms with van der Waals surface area (Å²) in [6, 6.07) is 1.97. The molecule has 0 spiro atoms. The van der Waals surface area contributed by atoms with Crippen LogP contribution in [0, 0.1) is 6.92 Å². The van der Waals surface area contributed by atoms with E-state index in [-0.39, 0.29) is 0 Å². The topological polar surface area (TPSA) is 47.1 Å². The number of halogens is 1. The normalized spacial score (nSPS) is 10.8. The van der Waals surface area contributed by atoms with E-state index in [0.717, 1.165) is 22.4 Å². The van der Waals surface area contributed by atoms with E-state index >= 15 is 0 Å². The van der Waals surface area contributed by atoms with Crippen LogP contribution in [0.15, 0.2) is 6.07 Å². The summed E-state index contributed by atoms with van der Waals surface area (Å²) in [5.41, 5.74) is 2.66. The van der Waals surface area contributed by atoms with Gasteiger partial charge in [-0.2, -0.15) is 0 Å². The Kier molecular flexibility index (Phi) is 2.92. The molecule has 0 saturated heterocycles. The summed E-state index contributed by atoms with van der Waals surface area (Å²) in [6.45, 7) is 1.96. The van der Waals surface area contributed by atoms with Gasteiger partial charge in [-0.05, 0) is 18.6 Å². The summed E-state index contributed by atoms with van der Waals surface area (Å²) in [7, 11) is 3.22. The van der Waals surface area contributed by atoms with Crippen molar-refractivity contribution in [3.8, 4) is 11.5 Å². The summed E-state index contributed by atoms with van der Waals surface area (Å²) in [5, 5.41) is 0. The van der Waals surface area contributed by atoms with Gasteiger partial charge in [0.2, 0.25) is 0 Å². The maximum atomic E-state index is 5.74. The Bertz CT molecular complexity index is 522. The lowest BCUT2D eigenvalue weighted by molar-refractivity contribution is 0.356. The van der Waals surface area contributed by atoms with Crippen molar-refractivity contribution in [3.05, 3.63) is 17.5 Å². The molecule has 0 amide bonds. The van der Waals surface area contributed by atoms with Crippen LogP contribution in [0.5, 0.6) is 11.5 Å². The summed E-state index contributed by atoms with van der Waals surface area (Å²) in [5.74, 6) is 2.43. The number of alkyl halides is 1. The molecule has 0 aliphatic carbocycles. The van der Waals surface area contributed by atoms with Crippen molar-refractivity contribution in [1.82, 2.24) is 9.97 Å². The van der Waals surface area contributed by atoms with E-state index in [1.54, 1.807) is 14.2 Å². The van der Waals surface area contributed by atoms with E-state index in [4.69, 9.17) is 21.1 Å². The number of fused-ring (bicyclic) bond motifs is 1. The van der Waals surface area contributed by atoms with Crippen LogP contribution in [0.4, 0.5) is 0 Å². The van der Waals surface area contributed by atoms with Crippen molar-refractivity contribution < 1.29 is 9.47 Å². The summed E-state index contributed by atoms with van der Waals surface area (Å²) in [4.78, 5) is 7.49. The van der Waals surface area contributed by atoms with E-state index in [1.807, 2.05) is 13.0 Å². The Morgan fingerprint density at radius 3 is 2.56 bits per heavy atom. The molecule has 2 aromatic rings. The average Bonchev–Trinajstić information content (AvgIpc) is 2.69. The molecule has 0 atom stereocenters. The molecule has 1 aromatic heterocycles. The van der Waals surface area contributed by atoms with Crippen molar-refractivity contribution in [2.75, 3.05) is 14.2 Å². The third-order valence-corrected chi connectivity index (χ3v) is 2.71. The fourth-order valence-corrected chi connectivity index (χ4v) is 1.92. The molecule has 0 aliphatic rings. The first-order chi connectivity index (χ1) is 7.71. The van der Waals surface area contributed by atoms with Crippen molar-refractivity contribution >= 4 is 22.6 Å². The zero-order valence-electron chi connectivity index (χ0n) is 9.43. The van der Waals surface area contributed by atoms with Crippen LogP contribution >= 0.6 is 11.6 Å². The first kappa shape index (κ1) is 11.1. The van der Waals surface area contributed by atoms with Gasteiger partial charge in [0.05, 0.1) is 25.6 Å². The highest BCUT2D eigenvalue weighted by molar-refractivity contribution is 6.16. The van der Waals surface area contributed by atoms with Gasteiger partial charge in [-0.25, -0.2) is 4.98 Å². The number of rotatable bonds is 3. The molecule has 0 aliphatic heterocycles. The van der Waals surface area contributed by atoms with Gasteiger partial charge in [0.25, 0.3) is 0 Å². The fraction of sp³-hybridized carbons (Fsp3) is 0.364. The number of benzene rings is 1. The Morgan fingerprint density at radius 1 is 1.31 bits per heavy atom. The third-order valence-electron chi connectivity index (χ3n) is 2.46. The lowest BCUT2D eigenvalue weighted by Crippen LogP contribution is -1.94. The number of nitrogens with one attached hydrogen (secondary N) is 1. The number of aromatic nitrogens is 2. The second-order valence-corrected chi connectivity index (χ2v) is 3.74. The quantitative estimate of drug-likeness (QED) is 0.839. The van der Waals surface area contributed by atoms with Gasteiger partial charge in [-0.1, -0.05) is 0 Å². The largest absolute Gasteiger partial charge is 0.492 e. The lowest BCUT2D eigenvalue weighted by atomic mass is 10.2. The molecule has 1 aromatic carbocycles. The van der Waals surface area contributed by atoms with Crippen molar-refractivity contribution in [1.29, 1.82) is 0 Å². The minimum absolute atomic E-state index is 0.346. The number of hydrogen-bond acceptors (Lipinski definition) is 3. The highest BCUT2D eigenvalue weighted by Crippen LogP contribution is 2.37. The molecule has 86 valence electrons. The number of nitrogens with zero attached hydrogens (tertiary/aromatic N) is 1. The van der Waals surface area contributed by atoms with Gasteiger partial charge >= 0.3 is 0 Å². The number of ether oxygens (including phenoxy) is 2. The molecule has 1 N–H and O–H groups in total. The fourth-order valence-electron chi connectivity index (χ4n) is 1.79. The monoisotopic (exact) mass is 240 g/mol. The summed E-state index contributed by atoms with van der Waals surface area (Å²) in [6.07, 6.45) is 0. The third kappa shape index (κ3) is 1.59. The number of methoxy groups -OCH3 is 2. The predicted molar refractivity (Wildman–Crippen MR) is 63.5 cm³/mol. The summed E-state index contributed by atoms with van der Waals surface area (Å²) < 4.78 is 10.6. The van der Waals surface area contributed by atoms with Gasteiger partial charge in [-0.15, -0.1) is 11.6 Å². The second-order valence-electron chi connectivity index (χ2n) is 3.47. The Morgan fingerprint density at radius 2 is 2.00 bits per heavy atom. The molecule has 0 fully saturated rings. The zero-order valence-corrected chi connectivity index (χ0v) is 10.2. The molecular formula is C11H13ClN2O2. The number of H-pyrrole nitrogens is 1. The first-order valence-corrected chi connectivity index (χ1v) is 5.40. The molecule has 4 nitrogen and oxygen atoms in total. The van der Waals surface area contributed by atoms with Crippen LogP contribution in [0.3, 0.4) is 0 Å². The molecule has 0 radical (unpaired) electrons. The van der Waals surface area contributed by atoms with E-state index < -0.39 is 0 Å². The van der Waals surface area contributed by atoms with E-state index in [1.165, 1.54) is 0 Å². The SMILES string of the molecule is COc1c(C)cc2[nH]c(CCl)nc2c1OC. The molecule has 0 unspecified atom stereocenters. The van der Waals surface area contributed by atoms with Crippen molar-refractivity contribution in [2.45, 2.75) is 12.8 Å². The predicted octanol–water partition coefficient (Wildman–Crippen LogP) is 2.63. The number of aromatic amines is 1. The van der Waals surface area contributed by atoms with Gasteiger partial charge in [-0.3, -0.25) is 0 Å². The number of imidazole rings is 1. The minimum Gasteiger partial charge on any atom is -0.492 e. The van der Waals surface area contributed by atoms with E-state index in [2.05, 4.69) is 9.97 Å². The van der Waals surface area contributed by atoms with Crippen molar-refractivity contribution in [2.24, 2.45) is 0 Å². The molecule has 16 heavy (non-hydrogen) atoms. The molecule has 1 heterocycles. The van der Waals surface area contributed by atoms with Crippen LogP contribution in [0.25, 0.3) is 11.0 Å². The van der Waals surface area contributed by atoms with Gasteiger partial charge in [0.1, 0.15) is 11.3 Å². The average molecular weight is 241 g/mol. The Labute approximate surface area is 98.5 Å². The van der Waals surface area contributed by atoms with Crippen LogP contribution in [0.2, 0.25) is 0 Å². The number of hydrogen-bond donors (Lipinski definition) is 1. The maximum Gasteiger partial charge on any atom is 0.189 e. The molecule has 0 bridgehead atoms. The van der Waals surface area contributed by atoms with E-state index in [0.29, 0.717) is 17.4 Å². The zero-order chi connectivity index (χ0) is 11.7. The van der Waals surface area contributed by atoms with Gasteiger partial charge < -0.3 is 14.5 Å². The Hall–Kier alpha value is -1.42. The molecule has 0 saturated carbocycles. The van der Waals surface area contributed by atoms with Gasteiger partial charge in [0.15, 0.2) is 11.5 Å². The van der Waals surface area contributed by atoms with Gasteiger partial charge in [0, 0.05) is 0 Å². The second kappa shape index (κ2) is 4.22. The summed E-state index contributed by atoms with van der Waals surface area (Å²) >= 11 is 5.74. The highest BCUT2D eigenvalue weighted by Gasteiger charge is 2.15.